The van der Waals surface area contributed by atoms with Crippen LogP contribution >= 0.6 is 0 Å². The molecule has 0 unspecified atom stereocenters. The minimum Gasteiger partial charge on any atom is -0.373 e. The molecule has 0 radical (unpaired) electrons. The van der Waals surface area contributed by atoms with Gasteiger partial charge in [0.1, 0.15) is 0 Å². The van der Waals surface area contributed by atoms with Crippen molar-refractivity contribution in [3.63, 3.8) is 0 Å². The van der Waals surface area contributed by atoms with Crippen molar-refractivity contribution < 1.29 is 19.1 Å². The van der Waals surface area contributed by atoms with E-state index in [1.165, 1.54) is 0 Å². The first-order valence-electron chi connectivity index (χ1n) is 9.80. The number of rotatable bonds is 5. The average Bonchev–Trinajstić information content (AvgIpc) is 3.10. The Kier molecular flexibility index (Phi) is 6.64. The number of benzene rings is 1. The van der Waals surface area contributed by atoms with Gasteiger partial charge >= 0.3 is 0 Å². The maximum Gasteiger partial charge on any atom is 0.269 e. The molecular weight excluding hydrogens is 360 g/mol. The van der Waals surface area contributed by atoms with E-state index in [0.29, 0.717) is 31.5 Å². The first-order chi connectivity index (χ1) is 13.4. The summed E-state index contributed by atoms with van der Waals surface area (Å²) in [5.41, 5.74) is 6.11. The zero-order valence-corrected chi connectivity index (χ0v) is 16.4. The van der Waals surface area contributed by atoms with Crippen LogP contribution in [0, 0.1) is 0 Å². The van der Waals surface area contributed by atoms with Crippen molar-refractivity contribution >= 4 is 23.4 Å². The van der Waals surface area contributed by atoms with E-state index in [0.717, 1.165) is 25.2 Å². The third kappa shape index (κ3) is 5.30. The van der Waals surface area contributed by atoms with Gasteiger partial charge in [-0.2, -0.15) is 0 Å². The summed E-state index contributed by atoms with van der Waals surface area (Å²) < 4.78 is 5.68. The van der Waals surface area contributed by atoms with Gasteiger partial charge in [0, 0.05) is 50.3 Å². The summed E-state index contributed by atoms with van der Waals surface area (Å²) in [6, 6.07) is 6.80. The minimum atomic E-state index is -0.388. The normalized spacial score (nSPS) is 22.9. The highest BCUT2D eigenvalue weighted by Gasteiger charge is 2.23. The van der Waals surface area contributed by atoms with E-state index in [4.69, 9.17) is 4.74 Å². The first-order valence-corrected chi connectivity index (χ1v) is 9.80. The van der Waals surface area contributed by atoms with Gasteiger partial charge in [0.05, 0.1) is 12.2 Å². The lowest BCUT2D eigenvalue weighted by Crippen LogP contribution is -2.47. The third-order valence-corrected chi connectivity index (χ3v) is 4.98. The van der Waals surface area contributed by atoms with Crippen LogP contribution in [0.1, 0.15) is 43.5 Å². The van der Waals surface area contributed by atoms with E-state index in [-0.39, 0.29) is 29.9 Å². The predicted molar refractivity (Wildman–Crippen MR) is 105 cm³/mol. The fraction of sp³-hybridized carbons (Fsp3) is 0.550. The van der Waals surface area contributed by atoms with Crippen molar-refractivity contribution in [2.45, 2.75) is 45.3 Å². The summed E-state index contributed by atoms with van der Waals surface area (Å²) in [5, 5.41) is 0. The molecule has 2 aliphatic heterocycles. The molecule has 2 fully saturated rings. The highest BCUT2D eigenvalue weighted by atomic mass is 16.5. The van der Waals surface area contributed by atoms with Crippen molar-refractivity contribution in [3.05, 3.63) is 29.8 Å². The maximum atomic E-state index is 12.2. The minimum absolute atomic E-state index is 0.105. The molecule has 2 heterocycles. The highest BCUT2D eigenvalue weighted by Crippen LogP contribution is 2.21. The van der Waals surface area contributed by atoms with Gasteiger partial charge in [-0.05, 0) is 44.5 Å². The molecule has 0 saturated carbocycles. The van der Waals surface area contributed by atoms with Crippen molar-refractivity contribution in [1.82, 2.24) is 15.8 Å². The zero-order valence-electron chi connectivity index (χ0n) is 16.4. The molecule has 1 aromatic rings. The zero-order chi connectivity index (χ0) is 20.1. The van der Waals surface area contributed by atoms with E-state index in [2.05, 4.69) is 15.8 Å². The summed E-state index contributed by atoms with van der Waals surface area (Å²) in [5.74, 6) is -0.519. The van der Waals surface area contributed by atoms with Crippen molar-refractivity contribution in [3.8, 4) is 0 Å². The van der Waals surface area contributed by atoms with Crippen LogP contribution in [0.15, 0.2) is 24.3 Å². The largest absolute Gasteiger partial charge is 0.373 e. The first kappa shape index (κ1) is 20.3. The fourth-order valence-corrected chi connectivity index (χ4v) is 3.70. The molecule has 2 saturated heterocycles. The van der Waals surface area contributed by atoms with Gasteiger partial charge in [-0.15, -0.1) is 0 Å². The lowest BCUT2D eigenvalue weighted by Gasteiger charge is -2.35. The standard InChI is InChI=1S/C20H28N4O4/c1-14-12-23(13-15(2)28-14)11-9-18(25)21-22-20(27)16-5-7-17(8-6-16)24-10-3-4-19(24)26/h5-8,14-15H,3-4,9-13H2,1-2H3,(H,21,25)(H,22,27)/t14-,15-/m0/s1. The van der Waals surface area contributed by atoms with Crippen molar-refractivity contribution in [2.75, 3.05) is 31.1 Å². The van der Waals surface area contributed by atoms with E-state index in [1.54, 1.807) is 29.2 Å². The molecule has 3 rings (SSSR count). The molecular formula is C20H28N4O4. The van der Waals surface area contributed by atoms with Gasteiger partial charge in [-0.25, -0.2) is 0 Å². The average molecular weight is 388 g/mol. The summed E-state index contributed by atoms with van der Waals surface area (Å²) in [6.45, 7) is 6.98. The van der Waals surface area contributed by atoms with Crippen LogP contribution in [0.2, 0.25) is 0 Å². The molecule has 0 spiro atoms. The number of hydrogen-bond donors (Lipinski definition) is 2. The molecule has 2 aliphatic rings. The SMILES string of the molecule is C[C@H]1CN(CCC(=O)NNC(=O)c2ccc(N3CCCC3=O)cc2)C[C@H](C)O1. The van der Waals surface area contributed by atoms with Gasteiger partial charge in [-0.3, -0.25) is 30.1 Å². The van der Waals surface area contributed by atoms with Gasteiger partial charge in [-0.1, -0.05) is 0 Å². The smallest absolute Gasteiger partial charge is 0.269 e. The number of hydrogen-bond acceptors (Lipinski definition) is 5. The molecule has 8 heteroatoms. The molecule has 2 atom stereocenters. The Labute approximate surface area is 165 Å². The Morgan fingerprint density at radius 3 is 2.39 bits per heavy atom. The van der Waals surface area contributed by atoms with Crippen LogP contribution < -0.4 is 15.8 Å². The molecule has 1 aromatic carbocycles. The quantitative estimate of drug-likeness (QED) is 0.737. The molecule has 8 nitrogen and oxygen atoms in total. The van der Waals surface area contributed by atoms with Crippen LogP contribution in [-0.4, -0.2) is 61.0 Å². The van der Waals surface area contributed by atoms with Crippen LogP contribution in [-0.2, 0) is 14.3 Å². The molecule has 152 valence electrons. The molecule has 2 N–H and O–H groups in total. The Balaban J connectivity index is 1.42. The topological polar surface area (TPSA) is 91.0 Å². The van der Waals surface area contributed by atoms with Gasteiger partial charge in [0.15, 0.2) is 0 Å². The molecule has 0 bridgehead atoms. The van der Waals surface area contributed by atoms with E-state index < -0.39 is 0 Å². The number of nitrogens with zero attached hydrogens (tertiary/aromatic N) is 2. The summed E-state index contributed by atoms with van der Waals surface area (Å²) in [4.78, 5) is 39.9. The fourth-order valence-electron chi connectivity index (χ4n) is 3.70. The number of ether oxygens (including phenoxy) is 1. The van der Waals surface area contributed by atoms with Crippen LogP contribution in [0.5, 0.6) is 0 Å². The van der Waals surface area contributed by atoms with Gasteiger partial charge < -0.3 is 9.64 Å². The van der Waals surface area contributed by atoms with Crippen LogP contribution in [0.25, 0.3) is 0 Å². The second kappa shape index (κ2) is 9.16. The van der Waals surface area contributed by atoms with E-state index in [1.807, 2.05) is 13.8 Å². The van der Waals surface area contributed by atoms with E-state index in [9.17, 15) is 14.4 Å². The molecule has 0 aromatic heterocycles. The molecule has 3 amide bonds. The Morgan fingerprint density at radius 2 is 1.79 bits per heavy atom. The Bertz CT molecular complexity index is 711. The van der Waals surface area contributed by atoms with Gasteiger partial charge in [0.2, 0.25) is 11.8 Å². The maximum absolute atomic E-state index is 12.2. The summed E-state index contributed by atoms with van der Waals surface area (Å²) in [7, 11) is 0. The monoisotopic (exact) mass is 388 g/mol. The summed E-state index contributed by atoms with van der Waals surface area (Å²) in [6.07, 6.45) is 2.04. The predicted octanol–water partition coefficient (Wildman–Crippen LogP) is 1.07. The number of hydrazine groups is 1. The van der Waals surface area contributed by atoms with Gasteiger partial charge in [0.25, 0.3) is 5.91 Å². The lowest BCUT2D eigenvalue weighted by molar-refractivity contribution is -0.123. The number of carbonyl (C=O) groups is 3. The summed E-state index contributed by atoms with van der Waals surface area (Å²) >= 11 is 0. The Hall–Kier alpha value is -2.45. The molecule has 0 aliphatic carbocycles. The third-order valence-electron chi connectivity index (χ3n) is 4.98. The number of nitrogens with one attached hydrogen (secondary N) is 2. The number of morpholine rings is 1. The highest BCUT2D eigenvalue weighted by molar-refractivity contribution is 5.98. The van der Waals surface area contributed by atoms with Crippen molar-refractivity contribution in [1.29, 1.82) is 0 Å². The van der Waals surface area contributed by atoms with Crippen LogP contribution in [0.3, 0.4) is 0 Å². The number of carbonyl (C=O) groups excluding carboxylic acids is 3. The van der Waals surface area contributed by atoms with Crippen LogP contribution in [0.4, 0.5) is 5.69 Å². The second-order valence-electron chi connectivity index (χ2n) is 7.46. The molecule has 28 heavy (non-hydrogen) atoms. The van der Waals surface area contributed by atoms with E-state index >= 15 is 0 Å². The van der Waals surface area contributed by atoms with Crippen molar-refractivity contribution in [2.24, 2.45) is 0 Å². The number of amides is 3. The Morgan fingerprint density at radius 1 is 1.11 bits per heavy atom. The number of anilines is 1. The lowest BCUT2D eigenvalue weighted by atomic mass is 10.2. The second-order valence-corrected chi connectivity index (χ2v) is 7.46.